The van der Waals surface area contributed by atoms with Gasteiger partial charge >= 0.3 is 0 Å². The lowest BCUT2D eigenvalue weighted by atomic mass is 9.83. The lowest BCUT2D eigenvalue weighted by molar-refractivity contribution is 0.628. The van der Waals surface area contributed by atoms with Crippen LogP contribution in [0.3, 0.4) is 0 Å². The Bertz CT molecular complexity index is 2780. The van der Waals surface area contributed by atoms with Gasteiger partial charge in [0.1, 0.15) is 11.6 Å². The molecule has 2 heteroatoms. The third-order valence-electron chi connectivity index (χ3n) is 10.1. The molecule has 0 aliphatic heterocycles. The van der Waals surface area contributed by atoms with Crippen LogP contribution in [-0.2, 0) is 0 Å². The summed E-state index contributed by atoms with van der Waals surface area (Å²) < 4.78 is 28.6. The molecule has 0 N–H and O–H groups in total. The molecule has 0 aliphatic carbocycles. The number of rotatable bonds is 3. The molecule has 0 heterocycles. The molecule has 0 amide bonds. The fraction of sp³-hybridized carbons (Fsp3) is 0. The first-order chi connectivity index (χ1) is 23.6. The topological polar surface area (TPSA) is 0 Å². The zero-order chi connectivity index (χ0) is 31.9. The van der Waals surface area contributed by atoms with Crippen molar-refractivity contribution in [1.29, 1.82) is 0 Å². The second kappa shape index (κ2) is 10.2. The van der Waals surface area contributed by atoms with Crippen LogP contribution in [0.1, 0.15) is 0 Å². The van der Waals surface area contributed by atoms with E-state index in [4.69, 9.17) is 0 Å². The summed E-state index contributed by atoms with van der Waals surface area (Å²) >= 11 is 0. The number of hydrogen-bond donors (Lipinski definition) is 0. The van der Waals surface area contributed by atoms with Crippen LogP contribution >= 0.6 is 0 Å². The maximum Gasteiger partial charge on any atom is 0.131 e. The third kappa shape index (κ3) is 3.93. The van der Waals surface area contributed by atoms with Crippen molar-refractivity contribution in [2.75, 3.05) is 0 Å². The molecular formula is C46H26F2. The van der Waals surface area contributed by atoms with Gasteiger partial charge in [-0.1, -0.05) is 115 Å². The standard InChI is InChI=1S/C46H26F2/c47-34-19-17-27(18-20-34)32-23-28-13-15-30-25-33(26-31-16-14-29(24-32)43(28)44(30)31)45-37-9-3-5-11-39(37)46(40-12-6-4-10-38(40)45)41-21-22-42(48)36-8-2-1-7-35(36)41/h1-26H. The van der Waals surface area contributed by atoms with Gasteiger partial charge in [-0.05, 0) is 135 Å². The molecule has 0 nitrogen and oxygen atoms in total. The Morgan fingerprint density at radius 3 is 1.27 bits per heavy atom. The van der Waals surface area contributed by atoms with Crippen LogP contribution in [-0.4, -0.2) is 0 Å². The van der Waals surface area contributed by atoms with Crippen LogP contribution < -0.4 is 0 Å². The van der Waals surface area contributed by atoms with Gasteiger partial charge in [-0.25, -0.2) is 8.78 Å². The Balaban J connectivity index is 1.25. The summed E-state index contributed by atoms with van der Waals surface area (Å²) in [5.41, 5.74) is 6.59. The van der Waals surface area contributed by atoms with E-state index < -0.39 is 0 Å². The van der Waals surface area contributed by atoms with E-state index in [9.17, 15) is 8.78 Å². The van der Waals surface area contributed by atoms with Gasteiger partial charge < -0.3 is 0 Å². The molecule has 0 unspecified atom stereocenters. The number of halogens is 2. The smallest absolute Gasteiger partial charge is 0.131 e. The molecule has 0 aromatic heterocycles. The van der Waals surface area contributed by atoms with E-state index >= 15 is 0 Å². The van der Waals surface area contributed by atoms with Gasteiger partial charge in [0.25, 0.3) is 0 Å². The Labute approximate surface area is 275 Å². The maximum absolute atomic E-state index is 15.0. The van der Waals surface area contributed by atoms with Crippen molar-refractivity contribution in [3.05, 3.63) is 169 Å². The molecule has 0 spiro atoms. The van der Waals surface area contributed by atoms with E-state index in [1.54, 1.807) is 6.07 Å². The van der Waals surface area contributed by atoms with Crippen molar-refractivity contribution in [2.45, 2.75) is 0 Å². The monoisotopic (exact) mass is 616 g/mol. The molecule has 10 aromatic rings. The molecule has 10 aromatic carbocycles. The molecule has 0 aliphatic rings. The van der Waals surface area contributed by atoms with Gasteiger partial charge in [0.05, 0.1) is 0 Å². The lowest BCUT2D eigenvalue weighted by Gasteiger charge is -2.20. The molecule has 0 saturated heterocycles. The molecule has 48 heavy (non-hydrogen) atoms. The fourth-order valence-corrected chi connectivity index (χ4v) is 8.00. The number of hydrogen-bond acceptors (Lipinski definition) is 0. The lowest BCUT2D eigenvalue weighted by Crippen LogP contribution is -1.93. The first-order valence-electron chi connectivity index (χ1n) is 16.2. The van der Waals surface area contributed by atoms with Crippen LogP contribution in [0.4, 0.5) is 8.78 Å². The first kappa shape index (κ1) is 27.0. The molecule has 224 valence electrons. The number of benzene rings is 10. The molecule has 0 bridgehead atoms. The molecule has 0 fully saturated rings. The quantitative estimate of drug-likeness (QED) is 0.137. The average Bonchev–Trinajstić information content (AvgIpc) is 3.13. The van der Waals surface area contributed by atoms with E-state index in [1.807, 2.05) is 42.5 Å². The Morgan fingerprint density at radius 2 is 0.750 bits per heavy atom. The Morgan fingerprint density at radius 1 is 0.312 bits per heavy atom. The molecular weight excluding hydrogens is 591 g/mol. The van der Waals surface area contributed by atoms with Gasteiger partial charge in [0.2, 0.25) is 0 Å². The highest BCUT2D eigenvalue weighted by atomic mass is 19.1. The maximum atomic E-state index is 15.0. The predicted molar refractivity (Wildman–Crippen MR) is 199 cm³/mol. The van der Waals surface area contributed by atoms with Crippen LogP contribution in [0.5, 0.6) is 0 Å². The van der Waals surface area contributed by atoms with Crippen LogP contribution in [0.2, 0.25) is 0 Å². The van der Waals surface area contributed by atoms with E-state index in [2.05, 4.69) is 97.1 Å². The predicted octanol–water partition coefficient (Wildman–Crippen LogP) is 13.3. The van der Waals surface area contributed by atoms with Crippen molar-refractivity contribution in [1.82, 2.24) is 0 Å². The molecule has 0 saturated carbocycles. The van der Waals surface area contributed by atoms with E-state index in [1.165, 1.54) is 50.0 Å². The van der Waals surface area contributed by atoms with Gasteiger partial charge in [0.15, 0.2) is 0 Å². The van der Waals surface area contributed by atoms with E-state index in [0.29, 0.717) is 5.39 Å². The SMILES string of the molecule is Fc1ccc(-c2cc3ccc4cc(-c5c6ccccc6c(-c6ccc(F)c7ccccc67)c6ccccc56)cc5ccc(c2)c3c45)cc1. The molecule has 0 atom stereocenters. The zero-order valence-electron chi connectivity index (χ0n) is 25.8. The summed E-state index contributed by atoms with van der Waals surface area (Å²) in [6.45, 7) is 0. The van der Waals surface area contributed by atoms with Crippen molar-refractivity contribution in [3.63, 3.8) is 0 Å². The van der Waals surface area contributed by atoms with E-state index in [-0.39, 0.29) is 11.6 Å². The molecule has 10 rings (SSSR count). The summed E-state index contributed by atoms with van der Waals surface area (Å²) in [4.78, 5) is 0. The highest BCUT2D eigenvalue weighted by molar-refractivity contribution is 6.27. The van der Waals surface area contributed by atoms with Crippen molar-refractivity contribution < 1.29 is 8.78 Å². The van der Waals surface area contributed by atoms with Gasteiger partial charge in [0, 0.05) is 5.39 Å². The average molecular weight is 617 g/mol. The Kier molecular flexibility index (Phi) is 5.74. The van der Waals surface area contributed by atoms with Crippen molar-refractivity contribution in [3.8, 4) is 33.4 Å². The van der Waals surface area contributed by atoms with Gasteiger partial charge in [-0.3, -0.25) is 0 Å². The summed E-state index contributed by atoms with van der Waals surface area (Å²) in [6, 6.07) is 53.2. The second-order valence-corrected chi connectivity index (χ2v) is 12.7. The molecule has 0 radical (unpaired) electrons. The fourth-order valence-electron chi connectivity index (χ4n) is 8.00. The number of fused-ring (bicyclic) bond motifs is 3. The van der Waals surface area contributed by atoms with Crippen LogP contribution in [0, 0.1) is 11.6 Å². The van der Waals surface area contributed by atoms with Crippen molar-refractivity contribution in [2.24, 2.45) is 0 Å². The van der Waals surface area contributed by atoms with E-state index in [0.717, 1.165) is 54.7 Å². The highest BCUT2D eigenvalue weighted by Gasteiger charge is 2.20. The summed E-state index contributed by atoms with van der Waals surface area (Å²) in [5, 5.41) is 13.4. The summed E-state index contributed by atoms with van der Waals surface area (Å²) in [7, 11) is 0. The second-order valence-electron chi connectivity index (χ2n) is 12.7. The summed E-state index contributed by atoms with van der Waals surface area (Å²) in [6.07, 6.45) is 0. The minimum atomic E-state index is -0.230. The van der Waals surface area contributed by atoms with Crippen molar-refractivity contribution >= 4 is 64.6 Å². The van der Waals surface area contributed by atoms with Crippen LogP contribution in [0.15, 0.2) is 158 Å². The minimum absolute atomic E-state index is 0.208. The zero-order valence-corrected chi connectivity index (χ0v) is 25.8. The minimum Gasteiger partial charge on any atom is -0.207 e. The normalized spacial score (nSPS) is 12.0. The summed E-state index contributed by atoms with van der Waals surface area (Å²) in [5.74, 6) is -0.438. The largest absolute Gasteiger partial charge is 0.207 e. The highest BCUT2D eigenvalue weighted by Crippen LogP contribution is 2.47. The first-order valence-corrected chi connectivity index (χ1v) is 16.2. The Hall–Kier alpha value is -6.12. The van der Waals surface area contributed by atoms with Gasteiger partial charge in [-0.2, -0.15) is 0 Å². The van der Waals surface area contributed by atoms with Gasteiger partial charge in [-0.15, -0.1) is 0 Å². The van der Waals surface area contributed by atoms with Crippen LogP contribution in [0.25, 0.3) is 98.0 Å². The third-order valence-corrected chi connectivity index (χ3v) is 10.1.